The Morgan fingerprint density at radius 2 is 1.29 bits per heavy atom. The van der Waals surface area contributed by atoms with Crippen LogP contribution in [0.15, 0.2) is 0 Å². The van der Waals surface area contributed by atoms with Gasteiger partial charge >= 0.3 is 90.0 Å². The fourth-order valence-corrected chi connectivity index (χ4v) is 13.5. The van der Waals surface area contributed by atoms with E-state index in [0.717, 1.165) is 25.7 Å². The van der Waals surface area contributed by atoms with Gasteiger partial charge in [-0.15, -0.1) is 0 Å². The monoisotopic (exact) mass is 372 g/mol. The Morgan fingerprint density at radius 1 is 0.929 bits per heavy atom. The molecule has 14 heavy (non-hydrogen) atoms. The SMILES string of the molecule is CCC[CH2][Hf](=[O])([CH2]CCC)([O]C)[O]C. The van der Waals surface area contributed by atoms with E-state index >= 15 is 0 Å². The maximum atomic E-state index is 12.7. The molecule has 0 atom stereocenters. The normalized spacial score (nSPS) is 13.2. The fourth-order valence-electron chi connectivity index (χ4n) is 1.65. The van der Waals surface area contributed by atoms with Crippen LogP contribution in [0.25, 0.3) is 0 Å². The minimum atomic E-state index is -4.54. The second-order valence-corrected chi connectivity index (χ2v) is 20.3. The fraction of sp³-hybridized carbons (Fsp3) is 1.00. The number of unbranched alkanes of at least 4 members (excludes halogenated alkanes) is 2. The van der Waals surface area contributed by atoms with Crippen molar-refractivity contribution in [1.82, 2.24) is 0 Å². The Bertz CT molecular complexity index is 191. The molecular weight excluding hydrogens is 347 g/mol. The molecule has 0 N–H and O–H groups in total. The average molecular weight is 371 g/mol. The van der Waals surface area contributed by atoms with Crippen molar-refractivity contribution in [2.75, 3.05) is 14.2 Å². The van der Waals surface area contributed by atoms with Crippen LogP contribution in [-0.2, 0) is 27.9 Å². The first-order valence-electron chi connectivity index (χ1n) is 5.55. The molecule has 0 bridgehead atoms. The molecule has 0 unspecified atom stereocenters. The van der Waals surface area contributed by atoms with Gasteiger partial charge in [-0.25, -0.2) is 0 Å². The summed E-state index contributed by atoms with van der Waals surface area (Å²) in [5, 5.41) is 0. The van der Waals surface area contributed by atoms with Crippen molar-refractivity contribution in [3.8, 4) is 0 Å². The van der Waals surface area contributed by atoms with Crippen LogP contribution in [0, 0.1) is 0 Å². The predicted octanol–water partition coefficient (Wildman–Crippen LogP) is 3.58. The molecule has 0 aliphatic heterocycles. The molecule has 0 aromatic heterocycles. The third kappa shape index (κ3) is 3.99. The second kappa shape index (κ2) is 6.23. The molecule has 0 aromatic carbocycles. The van der Waals surface area contributed by atoms with Crippen LogP contribution < -0.4 is 0 Å². The van der Waals surface area contributed by atoms with Gasteiger partial charge in [0.2, 0.25) is 0 Å². The van der Waals surface area contributed by atoms with Gasteiger partial charge in [0.15, 0.2) is 0 Å². The zero-order valence-corrected chi connectivity index (χ0v) is 13.6. The third-order valence-electron chi connectivity index (χ3n) is 2.94. The van der Waals surface area contributed by atoms with Crippen molar-refractivity contribution in [2.24, 2.45) is 0 Å². The molecule has 0 saturated heterocycles. The zero-order chi connectivity index (χ0) is 11.1. The molecule has 0 aromatic rings. The van der Waals surface area contributed by atoms with Gasteiger partial charge < -0.3 is 0 Å². The summed E-state index contributed by atoms with van der Waals surface area (Å²) < 4.78 is 24.6. The molecule has 0 radical (unpaired) electrons. The predicted molar refractivity (Wildman–Crippen MR) is 54.1 cm³/mol. The van der Waals surface area contributed by atoms with E-state index in [9.17, 15) is 2.85 Å². The Kier molecular flexibility index (Phi) is 6.50. The zero-order valence-electron chi connectivity index (χ0n) is 9.97. The van der Waals surface area contributed by atoms with Crippen molar-refractivity contribution in [3.63, 3.8) is 0 Å². The van der Waals surface area contributed by atoms with E-state index < -0.39 is 19.4 Å². The van der Waals surface area contributed by atoms with Crippen molar-refractivity contribution in [1.29, 1.82) is 0 Å². The van der Waals surface area contributed by atoms with Gasteiger partial charge in [0.05, 0.1) is 0 Å². The van der Waals surface area contributed by atoms with Crippen molar-refractivity contribution >= 4 is 0 Å². The van der Waals surface area contributed by atoms with E-state index in [-0.39, 0.29) is 0 Å². The molecule has 4 heteroatoms. The second-order valence-electron chi connectivity index (χ2n) is 3.98. The summed E-state index contributed by atoms with van der Waals surface area (Å²) in [7, 11) is 3.08. The van der Waals surface area contributed by atoms with Crippen LogP contribution in [0.2, 0.25) is 8.35 Å². The summed E-state index contributed by atoms with van der Waals surface area (Å²) in [6, 6.07) is 0. The van der Waals surface area contributed by atoms with Crippen LogP contribution in [0.3, 0.4) is 0 Å². The maximum absolute atomic E-state index is 12.7. The van der Waals surface area contributed by atoms with Crippen molar-refractivity contribution < 1.29 is 27.9 Å². The topological polar surface area (TPSA) is 35.5 Å². The molecule has 0 amide bonds. The first kappa shape index (κ1) is 14.6. The Morgan fingerprint density at radius 3 is 1.50 bits per heavy atom. The molecule has 0 saturated carbocycles. The molecule has 0 rings (SSSR count). The quantitative estimate of drug-likeness (QED) is 0.613. The van der Waals surface area contributed by atoms with E-state index in [1.807, 2.05) is 0 Å². The molecule has 0 heterocycles. The number of hydrogen-bond donors (Lipinski definition) is 0. The third-order valence-corrected chi connectivity index (χ3v) is 19.0. The summed E-state index contributed by atoms with van der Waals surface area (Å²) in [5.41, 5.74) is 0. The summed E-state index contributed by atoms with van der Waals surface area (Å²) in [4.78, 5) is 0. The summed E-state index contributed by atoms with van der Waals surface area (Å²) in [5.74, 6) is 0. The first-order chi connectivity index (χ1) is 6.54. The average Bonchev–Trinajstić information content (AvgIpc) is 2.24. The van der Waals surface area contributed by atoms with Gasteiger partial charge in [0.25, 0.3) is 0 Å². The molecule has 0 spiro atoms. The van der Waals surface area contributed by atoms with Crippen molar-refractivity contribution in [3.05, 3.63) is 0 Å². The van der Waals surface area contributed by atoms with Gasteiger partial charge in [0.1, 0.15) is 0 Å². The van der Waals surface area contributed by atoms with Crippen molar-refractivity contribution in [2.45, 2.75) is 47.9 Å². The van der Waals surface area contributed by atoms with E-state index in [0.29, 0.717) is 8.35 Å². The van der Waals surface area contributed by atoms with Gasteiger partial charge in [-0.05, 0) is 0 Å². The van der Waals surface area contributed by atoms with E-state index in [1.165, 1.54) is 14.2 Å². The summed E-state index contributed by atoms with van der Waals surface area (Å²) in [6.45, 7) is 4.18. The molecular formula is C10H24HfO3. The molecule has 0 aliphatic carbocycles. The van der Waals surface area contributed by atoms with E-state index in [2.05, 4.69) is 13.8 Å². The number of hydrogen-bond acceptors (Lipinski definition) is 3. The molecule has 0 fully saturated rings. The summed E-state index contributed by atoms with van der Waals surface area (Å²) in [6.07, 6.45) is 3.94. The van der Waals surface area contributed by atoms with Crippen LogP contribution in [0.5, 0.6) is 0 Å². The van der Waals surface area contributed by atoms with E-state index in [4.69, 9.17) is 5.71 Å². The first-order valence-corrected chi connectivity index (χ1v) is 15.0. The van der Waals surface area contributed by atoms with E-state index in [1.54, 1.807) is 0 Å². The Hall–Kier alpha value is 0.590. The van der Waals surface area contributed by atoms with Gasteiger partial charge in [0, 0.05) is 0 Å². The Labute approximate surface area is 89.9 Å². The van der Waals surface area contributed by atoms with Crippen LogP contribution in [0.1, 0.15) is 39.5 Å². The minimum absolute atomic E-state index is 0.640. The Balaban J connectivity index is 4.54. The molecule has 3 nitrogen and oxygen atoms in total. The van der Waals surface area contributed by atoms with Gasteiger partial charge in [-0.3, -0.25) is 0 Å². The number of rotatable bonds is 8. The standard InChI is InChI=1S/2C4H9.2CH3O.Hf.O/c2*1-3-4-2;2*1-2;;/h2*1,3-4H2,2H3;2*1H3;;/q;;2*-1;+2;. The van der Waals surface area contributed by atoms with Crippen LogP contribution >= 0.6 is 0 Å². The van der Waals surface area contributed by atoms with Gasteiger partial charge in [-0.2, -0.15) is 0 Å². The van der Waals surface area contributed by atoms with Gasteiger partial charge in [-0.1, -0.05) is 0 Å². The summed E-state index contributed by atoms with van der Waals surface area (Å²) >= 11 is -4.54. The van der Waals surface area contributed by atoms with Crippen LogP contribution in [-0.4, -0.2) is 14.2 Å². The molecule has 86 valence electrons. The molecule has 0 aliphatic rings. The van der Waals surface area contributed by atoms with Crippen LogP contribution in [0.4, 0.5) is 0 Å².